The van der Waals surface area contributed by atoms with E-state index < -0.39 is 0 Å². The van der Waals surface area contributed by atoms with E-state index in [2.05, 4.69) is 23.7 Å². The number of anilines is 1. The first kappa shape index (κ1) is 9.13. The first-order valence-corrected chi connectivity index (χ1v) is 4.45. The molecule has 0 atom stereocenters. The number of rotatable bonds is 3. The second-order valence-corrected chi connectivity index (χ2v) is 2.88. The molecular weight excluding hydrogens is 168 g/mol. The quantitative estimate of drug-likeness (QED) is 0.698. The fourth-order valence-corrected chi connectivity index (χ4v) is 1.01. The molecule has 2 N–H and O–H groups in total. The van der Waals surface area contributed by atoms with E-state index in [0.29, 0.717) is 5.82 Å². The van der Waals surface area contributed by atoms with Crippen molar-refractivity contribution in [2.24, 2.45) is 0 Å². The van der Waals surface area contributed by atoms with Gasteiger partial charge in [0.05, 0.1) is 0 Å². The zero-order valence-corrected chi connectivity index (χ0v) is 7.67. The van der Waals surface area contributed by atoms with Crippen molar-refractivity contribution in [1.82, 2.24) is 4.98 Å². The fourth-order valence-electron chi connectivity index (χ4n) is 0.863. The van der Waals surface area contributed by atoms with Crippen molar-refractivity contribution >= 4 is 24.5 Å². The van der Waals surface area contributed by atoms with Gasteiger partial charge in [-0.25, -0.2) is 4.98 Å². The van der Waals surface area contributed by atoms with E-state index in [1.807, 2.05) is 18.2 Å². The third kappa shape index (κ3) is 2.96. The van der Waals surface area contributed by atoms with Crippen LogP contribution in [0, 0.1) is 0 Å². The van der Waals surface area contributed by atoms with Gasteiger partial charge in [-0.1, -0.05) is 12.2 Å². The number of allylic oxidation sites excluding steroid dienone is 1. The number of nitrogen functional groups attached to an aromatic ring is 1. The number of hydrogen-bond acceptors (Lipinski definition) is 3. The number of pyridine rings is 1. The van der Waals surface area contributed by atoms with Gasteiger partial charge in [-0.3, -0.25) is 0 Å². The lowest BCUT2D eigenvalue weighted by Crippen LogP contribution is -1.88. The van der Waals surface area contributed by atoms with Gasteiger partial charge in [0, 0.05) is 6.20 Å². The Morgan fingerprint density at radius 3 is 3.08 bits per heavy atom. The van der Waals surface area contributed by atoms with Gasteiger partial charge in [0.1, 0.15) is 5.82 Å². The summed E-state index contributed by atoms with van der Waals surface area (Å²) in [7, 11) is 0. The Balaban J connectivity index is 2.63. The first-order chi connectivity index (χ1) is 5.83. The van der Waals surface area contributed by atoms with E-state index in [-0.39, 0.29) is 0 Å². The molecule has 1 aromatic heterocycles. The molecule has 3 heteroatoms. The van der Waals surface area contributed by atoms with Gasteiger partial charge in [-0.15, -0.1) is 0 Å². The number of hydrogen-bond donors (Lipinski definition) is 2. The lowest BCUT2D eigenvalue weighted by molar-refractivity contribution is 1.26. The largest absolute Gasteiger partial charge is 0.384 e. The van der Waals surface area contributed by atoms with Crippen LogP contribution in [0.3, 0.4) is 0 Å². The second kappa shape index (κ2) is 4.83. The van der Waals surface area contributed by atoms with E-state index in [0.717, 1.165) is 17.7 Å². The molecule has 0 aliphatic heterocycles. The maximum atomic E-state index is 5.50. The molecule has 0 saturated carbocycles. The van der Waals surface area contributed by atoms with Crippen LogP contribution in [0.4, 0.5) is 5.82 Å². The van der Waals surface area contributed by atoms with Crippen LogP contribution in [0.25, 0.3) is 6.08 Å². The van der Waals surface area contributed by atoms with Crippen molar-refractivity contribution in [3.63, 3.8) is 0 Å². The molecule has 0 amide bonds. The van der Waals surface area contributed by atoms with Crippen molar-refractivity contribution in [2.75, 3.05) is 11.5 Å². The summed E-state index contributed by atoms with van der Waals surface area (Å²) in [5.74, 6) is 1.43. The lowest BCUT2D eigenvalue weighted by atomic mass is 10.2. The summed E-state index contributed by atoms with van der Waals surface area (Å²) in [6.45, 7) is 0. The van der Waals surface area contributed by atoms with Crippen LogP contribution in [-0.4, -0.2) is 10.7 Å². The van der Waals surface area contributed by atoms with Crippen LogP contribution < -0.4 is 5.73 Å². The molecule has 2 nitrogen and oxygen atoms in total. The molecule has 0 radical (unpaired) electrons. The summed E-state index contributed by atoms with van der Waals surface area (Å²) >= 11 is 4.10. The van der Waals surface area contributed by atoms with Crippen molar-refractivity contribution < 1.29 is 0 Å². The Bertz CT molecular complexity index is 271. The Morgan fingerprint density at radius 2 is 2.42 bits per heavy atom. The third-order valence-corrected chi connectivity index (χ3v) is 1.67. The topological polar surface area (TPSA) is 38.9 Å². The minimum absolute atomic E-state index is 0.558. The summed E-state index contributed by atoms with van der Waals surface area (Å²) in [5.41, 5.74) is 6.59. The maximum Gasteiger partial charge on any atom is 0.123 e. The number of nitrogens with zero attached hydrogens (tertiary/aromatic N) is 1. The van der Waals surface area contributed by atoms with Gasteiger partial charge in [0.25, 0.3) is 0 Å². The molecule has 0 aliphatic carbocycles. The highest BCUT2D eigenvalue weighted by atomic mass is 32.1. The van der Waals surface area contributed by atoms with Crippen molar-refractivity contribution in [1.29, 1.82) is 0 Å². The molecule has 64 valence electrons. The summed E-state index contributed by atoms with van der Waals surface area (Å²) < 4.78 is 0. The number of thiol groups is 1. The smallest absolute Gasteiger partial charge is 0.123 e. The van der Waals surface area contributed by atoms with Crippen LogP contribution in [-0.2, 0) is 0 Å². The molecule has 0 bridgehead atoms. The molecule has 12 heavy (non-hydrogen) atoms. The Kier molecular flexibility index (Phi) is 3.67. The lowest BCUT2D eigenvalue weighted by Gasteiger charge is -1.93. The monoisotopic (exact) mass is 180 g/mol. The number of aromatic nitrogens is 1. The van der Waals surface area contributed by atoms with Gasteiger partial charge >= 0.3 is 0 Å². The Labute approximate surface area is 77.9 Å². The van der Waals surface area contributed by atoms with Gasteiger partial charge < -0.3 is 5.73 Å². The molecule has 0 fully saturated rings. The average Bonchev–Trinajstić information content (AvgIpc) is 2.05. The number of nitrogens with two attached hydrogens (primary N) is 1. The molecule has 1 heterocycles. The van der Waals surface area contributed by atoms with Crippen molar-refractivity contribution in [3.05, 3.63) is 30.0 Å². The third-order valence-electron chi connectivity index (χ3n) is 1.41. The SMILES string of the molecule is Nc1cc(C=CCCS)ccn1. The highest BCUT2D eigenvalue weighted by Crippen LogP contribution is 2.05. The molecule has 1 aromatic rings. The van der Waals surface area contributed by atoms with Crippen LogP contribution in [0.2, 0.25) is 0 Å². The predicted molar refractivity (Wildman–Crippen MR) is 56.2 cm³/mol. The summed E-state index contributed by atoms with van der Waals surface area (Å²) in [4.78, 5) is 3.90. The van der Waals surface area contributed by atoms with Crippen LogP contribution in [0.15, 0.2) is 24.4 Å². The molecule has 0 spiro atoms. The minimum atomic E-state index is 0.558. The summed E-state index contributed by atoms with van der Waals surface area (Å²) in [6, 6.07) is 3.76. The van der Waals surface area contributed by atoms with Crippen LogP contribution in [0.1, 0.15) is 12.0 Å². The highest BCUT2D eigenvalue weighted by molar-refractivity contribution is 7.80. The van der Waals surface area contributed by atoms with Gasteiger partial charge in [0.2, 0.25) is 0 Å². The van der Waals surface area contributed by atoms with E-state index >= 15 is 0 Å². The predicted octanol–water partition coefficient (Wildman–Crippen LogP) is 2.00. The van der Waals surface area contributed by atoms with E-state index in [1.54, 1.807) is 6.20 Å². The maximum absolute atomic E-state index is 5.50. The standard InChI is InChI=1S/C9H12N2S/c10-9-7-8(4-5-11-9)3-1-2-6-12/h1,3-5,7,12H,2,6H2,(H2,10,11). The first-order valence-electron chi connectivity index (χ1n) is 3.82. The van der Waals surface area contributed by atoms with E-state index in [4.69, 9.17) is 5.73 Å². The average molecular weight is 180 g/mol. The Hall–Kier alpha value is -0.960. The van der Waals surface area contributed by atoms with Gasteiger partial charge in [0.15, 0.2) is 0 Å². The summed E-state index contributed by atoms with van der Waals surface area (Å²) in [6.07, 6.45) is 6.77. The van der Waals surface area contributed by atoms with Crippen molar-refractivity contribution in [2.45, 2.75) is 6.42 Å². The molecular formula is C9H12N2S. The summed E-state index contributed by atoms with van der Waals surface area (Å²) in [5, 5.41) is 0. The van der Waals surface area contributed by atoms with E-state index in [1.165, 1.54) is 0 Å². The van der Waals surface area contributed by atoms with Gasteiger partial charge in [-0.2, -0.15) is 12.6 Å². The second-order valence-electron chi connectivity index (χ2n) is 2.43. The Morgan fingerprint density at radius 1 is 1.58 bits per heavy atom. The minimum Gasteiger partial charge on any atom is -0.384 e. The van der Waals surface area contributed by atoms with Crippen LogP contribution >= 0.6 is 12.6 Å². The molecule has 0 unspecified atom stereocenters. The molecule has 0 aromatic carbocycles. The normalized spacial score (nSPS) is 10.8. The van der Waals surface area contributed by atoms with E-state index in [9.17, 15) is 0 Å². The molecule has 0 saturated heterocycles. The highest BCUT2D eigenvalue weighted by Gasteiger charge is 1.87. The molecule has 1 rings (SSSR count). The fraction of sp³-hybridized carbons (Fsp3) is 0.222. The molecule has 0 aliphatic rings. The van der Waals surface area contributed by atoms with Gasteiger partial charge in [-0.05, 0) is 29.9 Å². The van der Waals surface area contributed by atoms with Crippen LogP contribution in [0.5, 0.6) is 0 Å². The zero-order chi connectivity index (χ0) is 8.81. The zero-order valence-electron chi connectivity index (χ0n) is 6.77. The van der Waals surface area contributed by atoms with Crippen molar-refractivity contribution in [3.8, 4) is 0 Å².